The molecule has 6 heteroatoms. The van der Waals surface area contributed by atoms with Gasteiger partial charge >= 0.3 is 0 Å². The standard InChI is InChI=1S/C20H23N3O3/c1-4-23-16-8-6-5-7-15(16)21-20(23)22-19(24)12-10-14-9-11-17(25-2)18(13-14)26-3/h5-9,11,13H,4,10,12H2,1-3H3,(H,21,22,24). The Balaban J connectivity index is 1.68. The molecule has 0 unspecified atom stereocenters. The number of rotatable bonds is 7. The predicted octanol–water partition coefficient (Wildman–Crippen LogP) is 3.64. The first kappa shape index (κ1) is 17.8. The number of hydrogen-bond acceptors (Lipinski definition) is 4. The number of benzene rings is 2. The van der Waals surface area contributed by atoms with Crippen LogP contribution >= 0.6 is 0 Å². The topological polar surface area (TPSA) is 65.4 Å². The molecule has 0 saturated carbocycles. The van der Waals surface area contributed by atoms with Crippen LogP contribution in [-0.2, 0) is 17.8 Å². The molecule has 0 saturated heterocycles. The number of nitrogens with zero attached hydrogens (tertiary/aromatic N) is 2. The fraction of sp³-hybridized carbons (Fsp3) is 0.300. The molecule has 1 amide bonds. The lowest BCUT2D eigenvalue weighted by molar-refractivity contribution is -0.116. The van der Waals surface area contributed by atoms with Crippen molar-refractivity contribution in [2.45, 2.75) is 26.3 Å². The molecule has 1 aromatic heterocycles. The molecule has 1 N–H and O–H groups in total. The number of amides is 1. The van der Waals surface area contributed by atoms with Crippen LogP contribution in [-0.4, -0.2) is 29.7 Å². The Kier molecular flexibility index (Phi) is 5.41. The van der Waals surface area contributed by atoms with Gasteiger partial charge in [0.15, 0.2) is 11.5 Å². The minimum atomic E-state index is -0.0650. The molecule has 0 aliphatic rings. The fourth-order valence-electron chi connectivity index (χ4n) is 2.97. The lowest BCUT2D eigenvalue weighted by atomic mass is 10.1. The highest BCUT2D eigenvalue weighted by Gasteiger charge is 2.12. The van der Waals surface area contributed by atoms with E-state index >= 15 is 0 Å². The third-order valence-corrected chi connectivity index (χ3v) is 4.31. The first-order chi connectivity index (χ1) is 12.7. The van der Waals surface area contributed by atoms with Gasteiger partial charge in [-0.05, 0) is 43.2 Å². The van der Waals surface area contributed by atoms with Crippen LogP contribution < -0.4 is 14.8 Å². The summed E-state index contributed by atoms with van der Waals surface area (Å²) >= 11 is 0. The lowest BCUT2D eigenvalue weighted by Crippen LogP contribution is -2.16. The Labute approximate surface area is 152 Å². The highest BCUT2D eigenvalue weighted by Crippen LogP contribution is 2.28. The first-order valence-electron chi connectivity index (χ1n) is 8.62. The Morgan fingerprint density at radius 3 is 2.62 bits per heavy atom. The maximum absolute atomic E-state index is 12.4. The van der Waals surface area contributed by atoms with Crippen molar-refractivity contribution in [3.05, 3.63) is 48.0 Å². The second-order valence-electron chi connectivity index (χ2n) is 5.91. The molecule has 0 aliphatic carbocycles. The SMILES string of the molecule is CCn1c(NC(=O)CCc2ccc(OC)c(OC)c2)nc2ccccc21. The molecule has 2 aromatic carbocycles. The molecule has 3 rings (SSSR count). The van der Waals surface area contributed by atoms with Crippen molar-refractivity contribution in [2.24, 2.45) is 0 Å². The molecule has 0 radical (unpaired) electrons. The van der Waals surface area contributed by atoms with Crippen molar-refractivity contribution < 1.29 is 14.3 Å². The number of imidazole rings is 1. The van der Waals surface area contributed by atoms with E-state index < -0.39 is 0 Å². The van der Waals surface area contributed by atoms with Crippen molar-refractivity contribution in [1.29, 1.82) is 0 Å². The number of aryl methyl sites for hydroxylation is 2. The van der Waals surface area contributed by atoms with Crippen molar-refractivity contribution in [2.75, 3.05) is 19.5 Å². The highest BCUT2D eigenvalue weighted by atomic mass is 16.5. The van der Waals surface area contributed by atoms with Gasteiger partial charge < -0.3 is 14.0 Å². The zero-order valence-electron chi connectivity index (χ0n) is 15.3. The van der Waals surface area contributed by atoms with E-state index in [0.717, 1.165) is 23.1 Å². The van der Waals surface area contributed by atoms with Crippen molar-refractivity contribution in [3.8, 4) is 11.5 Å². The summed E-state index contributed by atoms with van der Waals surface area (Å²) in [5.74, 6) is 1.87. The molecule has 0 aliphatic heterocycles. The van der Waals surface area contributed by atoms with E-state index in [2.05, 4.69) is 10.3 Å². The van der Waals surface area contributed by atoms with Gasteiger partial charge in [0, 0.05) is 13.0 Å². The van der Waals surface area contributed by atoms with E-state index in [1.807, 2.05) is 54.0 Å². The Bertz CT molecular complexity index is 918. The number of methoxy groups -OCH3 is 2. The Morgan fingerprint density at radius 2 is 1.88 bits per heavy atom. The molecule has 6 nitrogen and oxygen atoms in total. The van der Waals surface area contributed by atoms with Gasteiger partial charge in [-0.25, -0.2) is 4.98 Å². The number of hydrogen-bond donors (Lipinski definition) is 1. The van der Waals surface area contributed by atoms with E-state index in [4.69, 9.17) is 9.47 Å². The molecule has 1 heterocycles. The maximum Gasteiger partial charge on any atom is 0.227 e. The van der Waals surface area contributed by atoms with Gasteiger partial charge in [-0.15, -0.1) is 0 Å². The molecule has 0 spiro atoms. The van der Waals surface area contributed by atoms with Gasteiger partial charge in [0.2, 0.25) is 11.9 Å². The molecule has 3 aromatic rings. The number of aromatic nitrogens is 2. The fourth-order valence-corrected chi connectivity index (χ4v) is 2.97. The summed E-state index contributed by atoms with van der Waals surface area (Å²) in [4.78, 5) is 16.9. The van der Waals surface area contributed by atoms with E-state index in [9.17, 15) is 4.79 Å². The van der Waals surface area contributed by atoms with Crippen LogP contribution in [0.2, 0.25) is 0 Å². The van der Waals surface area contributed by atoms with Gasteiger partial charge in [-0.1, -0.05) is 18.2 Å². The van der Waals surface area contributed by atoms with Gasteiger partial charge in [-0.2, -0.15) is 0 Å². The summed E-state index contributed by atoms with van der Waals surface area (Å²) in [5, 5.41) is 2.93. The lowest BCUT2D eigenvalue weighted by Gasteiger charge is -2.10. The quantitative estimate of drug-likeness (QED) is 0.704. The van der Waals surface area contributed by atoms with Crippen LogP contribution in [0.4, 0.5) is 5.95 Å². The summed E-state index contributed by atoms with van der Waals surface area (Å²) < 4.78 is 12.5. The third kappa shape index (κ3) is 3.64. The summed E-state index contributed by atoms with van der Waals surface area (Å²) in [6.45, 7) is 2.78. The minimum Gasteiger partial charge on any atom is -0.493 e. The van der Waals surface area contributed by atoms with E-state index in [1.54, 1.807) is 14.2 Å². The highest BCUT2D eigenvalue weighted by molar-refractivity contribution is 5.91. The van der Waals surface area contributed by atoms with Gasteiger partial charge in [0.25, 0.3) is 0 Å². The first-order valence-corrected chi connectivity index (χ1v) is 8.62. The summed E-state index contributed by atoms with van der Waals surface area (Å²) in [7, 11) is 3.20. The average molecular weight is 353 g/mol. The van der Waals surface area contributed by atoms with Gasteiger partial charge in [0.05, 0.1) is 25.3 Å². The van der Waals surface area contributed by atoms with Crippen LogP contribution in [0.5, 0.6) is 11.5 Å². The third-order valence-electron chi connectivity index (χ3n) is 4.31. The zero-order valence-corrected chi connectivity index (χ0v) is 15.3. The summed E-state index contributed by atoms with van der Waals surface area (Å²) in [5.41, 5.74) is 2.91. The maximum atomic E-state index is 12.4. The van der Waals surface area contributed by atoms with Gasteiger partial charge in [0.1, 0.15) is 0 Å². The summed E-state index contributed by atoms with van der Waals surface area (Å²) in [6.07, 6.45) is 0.973. The van der Waals surface area contributed by atoms with Crippen molar-refractivity contribution >= 4 is 22.9 Å². The second kappa shape index (κ2) is 7.91. The van der Waals surface area contributed by atoms with E-state index in [-0.39, 0.29) is 5.91 Å². The van der Waals surface area contributed by atoms with Crippen LogP contribution in [0.1, 0.15) is 18.9 Å². The average Bonchev–Trinajstić information content (AvgIpc) is 3.02. The number of para-hydroxylation sites is 2. The number of anilines is 1. The van der Waals surface area contributed by atoms with E-state index in [1.165, 1.54) is 0 Å². The molecule has 0 fully saturated rings. The molecule has 0 bridgehead atoms. The minimum absolute atomic E-state index is 0.0650. The second-order valence-corrected chi connectivity index (χ2v) is 5.91. The van der Waals surface area contributed by atoms with Crippen molar-refractivity contribution in [3.63, 3.8) is 0 Å². The molecular weight excluding hydrogens is 330 g/mol. The normalized spacial score (nSPS) is 10.7. The molecular formula is C20H23N3O3. The smallest absolute Gasteiger partial charge is 0.227 e. The van der Waals surface area contributed by atoms with Crippen LogP contribution in [0.3, 0.4) is 0 Å². The molecule has 26 heavy (non-hydrogen) atoms. The number of fused-ring (bicyclic) bond motifs is 1. The summed E-state index contributed by atoms with van der Waals surface area (Å²) in [6, 6.07) is 13.6. The number of carbonyl (C=O) groups is 1. The van der Waals surface area contributed by atoms with Crippen molar-refractivity contribution in [1.82, 2.24) is 9.55 Å². The monoisotopic (exact) mass is 353 g/mol. The van der Waals surface area contributed by atoms with Gasteiger partial charge in [-0.3, -0.25) is 10.1 Å². The molecule has 136 valence electrons. The van der Waals surface area contributed by atoms with Crippen LogP contribution in [0.25, 0.3) is 11.0 Å². The number of carbonyl (C=O) groups excluding carboxylic acids is 1. The number of nitrogens with one attached hydrogen (secondary N) is 1. The van der Waals surface area contributed by atoms with Crippen LogP contribution in [0.15, 0.2) is 42.5 Å². The number of ether oxygens (including phenoxy) is 2. The zero-order chi connectivity index (χ0) is 18.5. The molecule has 0 atom stereocenters. The van der Waals surface area contributed by atoms with E-state index in [0.29, 0.717) is 30.3 Å². The predicted molar refractivity (Wildman–Crippen MR) is 102 cm³/mol. The Hall–Kier alpha value is -3.02. The largest absolute Gasteiger partial charge is 0.493 e. The Morgan fingerprint density at radius 1 is 1.12 bits per heavy atom. The van der Waals surface area contributed by atoms with Crippen LogP contribution in [0, 0.1) is 0 Å².